The molecule has 3 rings (SSSR count). The van der Waals surface area contributed by atoms with E-state index < -0.39 is 17.8 Å². The van der Waals surface area contributed by atoms with Crippen molar-refractivity contribution in [1.82, 2.24) is 10.3 Å². The lowest BCUT2D eigenvalue weighted by Crippen LogP contribution is -2.28. The molecular formula is C20H19FN2O4. The van der Waals surface area contributed by atoms with Crippen LogP contribution in [0.1, 0.15) is 28.9 Å². The van der Waals surface area contributed by atoms with Crippen LogP contribution in [-0.4, -0.2) is 25.1 Å². The average molecular weight is 370 g/mol. The molecule has 0 saturated carbocycles. The molecule has 0 spiro atoms. The summed E-state index contributed by atoms with van der Waals surface area (Å²) in [5, 5.41) is 3.70. The van der Waals surface area contributed by atoms with Gasteiger partial charge in [0, 0.05) is 28.6 Å². The van der Waals surface area contributed by atoms with Crippen LogP contribution in [0.15, 0.2) is 47.4 Å². The fourth-order valence-corrected chi connectivity index (χ4v) is 2.95. The highest BCUT2D eigenvalue weighted by Crippen LogP contribution is 2.32. The Kier molecular flexibility index (Phi) is 5.12. The van der Waals surface area contributed by atoms with Crippen molar-refractivity contribution in [3.63, 3.8) is 0 Å². The van der Waals surface area contributed by atoms with Crippen molar-refractivity contribution in [2.45, 2.75) is 13.0 Å². The Bertz CT molecular complexity index is 1060. The first-order chi connectivity index (χ1) is 13.0. The molecule has 0 fully saturated rings. The van der Waals surface area contributed by atoms with Gasteiger partial charge in [-0.05, 0) is 19.1 Å². The molecule has 140 valence electrons. The molecule has 1 amide bonds. The number of aromatic nitrogens is 1. The van der Waals surface area contributed by atoms with Crippen LogP contribution in [0.4, 0.5) is 4.39 Å². The second-order valence-corrected chi connectivity index (χ2v) is 6.00. The molecule has 0 radical (unpaired) electrons. The predicted molar refractivity (Wildman–Crippen MR) is 100.0 cm³/mol. The Hall–Kier alpha value is -3.35. The van der Waals surface area contributed by atoms with Crippen molar-refractivity contribution in [3.05, 3.63) is 69.9 Å². The van der Waals surface area contributed by atoms with Gasteiger partial charge in [-0.25, -0.2) is 4.39 Å². The van der Waals surface area contributed by atoms with Crippen LogP contribution in [0.3, 0.4) is 0 Å². The third-order valence-electron chi connectivity index (χ3n) is 4.37. The first-order valence-corrected chi connectivity index (χ1v) is 8.29. The lowest BCUT2D eigenvalue weighted by molar-refractivity contribution is 0.0940. The lowest BCUT2D eigenvalue weighted by atomic mass is 10.0. The van der Waals surface area contributed by atoms with E-state index in [2.05, 4.69) is 10.3 Å². The SMILES string of the molecule is COc1cc(F)c([C@@H](C)NC(=O)c2c[nH]c(=O)c3ccccc23)cc1OC. The number of nitrogens with one attached hydrogen (secondary N) is 2. The largest absolute Gasteiger partial charge is 0.493 e. The summed E-state index contributed by atoms with van der Waals surface area (Å²) >= 11 is 0. The zero-order valence-electron chi connectivity index (χ0n) is 15.1. The van der Waals surface area contributed by atoms with E-state index in [1.165, 1.54) is 32.5 Å². The van der Waals surface area contributed by atoms with E-state index in [4.69, 9.17) is 9.47 Å². The number of carbonyl (C=O) groups excluding carboxylic acids is 1. The van der Waals surface area contributed by atoms with Crippen molar-refractivity contribution < 1.29 is 18.7 Å². The van der Waals surface area contributed by atoms with E-state index in [-0.39, 0.29) is 16.9 Å². The number of aromatic amines is 1. The molecule has 0 bridgehead atoms. The molecule has 7 heteroatoms. The van der Waals surface area contributed by atoms with Crippen molar-refractivity contribution in [1.29, 1.82) is 0 Å². The van der Waals surface area contributed by atoms with Crippen LogP contribution in [0.2, 0.25) is 0 Å². The van der Waals surface area contributed by atoms with Gasteiger partial charge in [0.2, 0.25) is 0 Å². The zero-order chi connectivity index (χ0) is 19.6. The number of benzene rings is 2. The van der Waals surface area contributed by atoms with Gasteiger partial charge in [0.25, 0.3) is 11.5 Å². The van der Waals surface area contributed by atoms with E-state index in [0.29, 0.717) is 22.1 Å². The molecule has 2 N–H and O–H groups in total. The summed E-state index contributed by atoms with van der Waals surface area (Å²) < 4.78 is 24.7. The number of hydrogen-bond acceptors (Lipinski definition) is 4. The molecule has 6 nitrogen and oxygen atoms in total. The summed E-state index contributed by atoms with van der Waals surface area (Å²) in [5.41, 5.74) is 0.286. The van der Waals surface area contributed by atoms with Crippen LogP contribution in [-0.2, 0) is 0 Å². The monoisotopic (exact) mass is 370 g/mol. The number of fused-ring (bicyclic) bond motifs is 1. The van der Waals surface area contributed by atoms with Gasteiger partial charge in [-0.1, -0.05) is 18.2 Å². The number of carbonyl (C=O) groups is 1. The van der Waals surface area contributed by atoms with Gasteiger partial charge in [-0.3, -0.25) is 9.59 Å². The number of ether oxygens (including phenoxy) is 2. The van der Waals surface area contributed by atoms with Gasteiger partial charge >= 0.3 is 0 Å². The number of rotatable bonds is 5. The van der Waals surface area contributed by atoms with Crippen LogP contribution in [0.25, 0.3) is 10.8 Å². The highest BCUT2D eigenvalue weighted by Gasteiger charge is 2.20. The molecule has 1 atom stereocenters. The van der Waals surface area contributed by atoms with E-state index in [1.807, 2.05) is 0 Å². The molecule has 0 aliphatic heterocycles. The first kappa shape index (κ1) is 18.4. The summed E-state index contributed by atoms with van der Waals surface area (Å²) in [6, 6.07) is 8.87. The lowest BCUT2D eigenvalue weighted by Gasteiger charge is -2.18. The summed E-state index contributed by atoms with van der Waals surface area (Å²) in [7, 11) is 2.87. The van der Waals surface area contributed by atoms with E-state index in [9.17, 15) is 14.0 Å². The highest BCUT2D eigenvalue weighted by molar-refractivity contribution is 6.06. The predicted octanol–water partition coefficient (Wildman–Crippen LogP) is 3.18. The molecule has 3 aromatic rings. The molecule has 0 aliphatic carbocycles. The summed E-state index contributed by atoms with van der Waals surface area (Å²) in [6.07, 6.45) is 1.36. The second kappa shape index (κ2) is 7.49. The molecule has 1 aromatic heterocycles. The number of hydrogen-bond donors (Lipinski definition) is 2. The molecule has 0 unspecified atom stereocenters. The summed E-state index contributed by atoms with van der Waals surface area (Å²) in [4.78, 5) is 27.2. The Morgan fingerprint density at radius 2 is 1.74 bits per heavy atom. The second-order valence-electron chi connectivity index (χ2n) is 6.00. The molecular weight excluding hydrogens is 351 g/mol. The number of H-pyrrole nitrogens is 1. The van der Waals surface area contributed by atoms with Gasteiger partial charge in [-0.2, -0.15) is 0 Å². The fourth-order valence-electron chi connectivity index (χ4n) is 2.95. The van der Waals surface area contributed by atoms with Gasteiger partial charge in [0.1, 0.15) is 5.82 Å². The van der Waals surface area contributed by atoms with Crippen molar-refractivity contribution in [2.75, 3.05) is 14.2 Å². The quantitative estimate of drug-likeness (QED) is 0.723. The number of methoxy groups -OCH3 is 2. The maximum absolute atomic E-state index is 14.4. The molecule has 0 aliphatic rings. The number of amides is 1. The number of halogens is 1. The maximum atomic E-state index is 14.4. The minimum Gasteiger partial charge on any atom is -0.493 e. The molecule has 0 saturated heterocycles. The Balaban J connectivity index is 1.93. The minimum absolute atomic E-state index is 0.259. The zero-order valence-corrected chi connectivity index (χ0v) is 15.1. The van der Waals surface area contributed by atoms with E-state index in [1.54, 1.807) is 31.2 Å². The first-order valence-electron chi connectivity index (χ1n) is 8.29. The third-order valence-corrected chi connectivity index (χ3v) is 4.37. The third kappa shape index (κ3) is 3.48. The van der Waals surface area contributed by atoms with Gasteiger partial charge in [0.05, 0.1) is 25.8 Å². The van der Waals surface area contributed by atoms with Crippen LogP contribution < -0.4 is 20.3 Å². The minimum atomic E-state index is -0.636. The normalized spacial score (nSPS) is 11.9. The van der Waals surface area contributed by atoms with E-state index >= 15 is 0 Å². The summed E-state index contributed by atoms with van der Waals surface area (Å²) in [5.74, 6) is -0.315. The molecule has 1 heterocycles. The van der Waals surface area contributed by atoms with Crippen LogP contribution in [0.5, 0.6) is 11.5 Å². The number of pyridine rings is 1. The average Bonchev–Trinajstić information content (AvgIpc) is 2.67. The van der Waals surface area contributed by atoms with Crippen molar-refractivity contribution in [3.8, 4) is 11.5 Å². The van der Waals surface area contributed by atoms with Crippen LogP contribution >= 0.6 is 0 Å². The fraction of sp³-hybridized carbons (Fsp3) is 0.200. The van der Waals surface area contributed by atoms with E-state index in [0.717, 1.165) is 0 Å². The van der Waals surface area contributed by atoms with Gasteiger partial charge in [-0.15, -0.1) is 0 Å². The van der Waals surface area contributed by atoms with Gasteiger partial charge in [0.15, 0.2) is 11.5 Å². The van der Waals surface area contributed by atoms with Crippen molar-refractivity contribution >= 4 is 16.7 Å². The van der Waals surface area contributed by atoms with Crippen LogP contribution in [0, 0.1) is 5.82 Å². The summed E-state index contributed by atoms with van der Waals surface area (Å²) in [6.45, 7) is 1.66. The standard InChI is InChI=1S/C20H19FN2O4/c1-11(14-8-17(26-2)18(27-3)9-16(14)21)23-20(25)15-10-22-19(24)13-7-5-4-6-12(13)15/h4-11H,1-3H3,(H,22,24)(H,23,25)/t11-/m1/s1. The molecule has 27 heavy (non-hydrogen) atoms. The van der Waals surface area contributed by atoms with Crippen molar-refractivity contribution in [2.24, 2.45) is 0 Å². The Morgan fingerprint density at radius 1 is 1.11 bits per heavy atom. The smallest absolute Gasteiger partial charge is 0.255 e. The maximum Gasteiger partial charge on any atom is 0.255 e. The Labute approximate surface area is 154 Å². The topological polar surface area (TPSA) is 80.4 Å². The highest BCUT2D eigenvalue weighted by atomic mass is 19.1. The molecule has 2 aromatic carbocycles. The Morgan fingerprint density at radius 3 is 2.41 bits per heavy atom. The van der Waals surface area contributed by atoms with Gasteiger partial charge < -0.3 is 19.8 Å².